The van der Waals surface area contributed by atoms with Crippen LogP contribution in [0, 0.1) is 0 Å². The molecule has 1 aromatic heterocycles. The molecule has 0 spiro atoms. The number of hydrogen-bond acceptors (Lipinski definition) is 4. The quantitative estimate of drug-likeness (QED) is 0.602. The van der Waals surface area contributed by atoms with Gasteiger partial charge in [0.25, 0.3) is 0 Å². The molecule has 0 saturated carbocycles. The first-order valence-corrected chi connectivity index (χ1v) is 7.05. The van der Waals surface area contributed by atoms with Crippen molar-refractivity contribution in [2.75, 3.05) is 14.2 Å². The topological polar surface area (TPSA) is 40.6 Å². The van der Waals surface area contributed by atoms with Crippen molar-refractivity contribution < 1.29 is 14.2 Å². The normalized spacial score (nSPS) is 11.2. The first-order chi connectivity index (χ1) is 10.5. The third kappa shape index (κ3) is 3.58. The number of aromatic nitrogens is 1. The molecule has 1 aromatic carbocycles. The van der Waals surface area contributed by atoms with Crippen LogP contribution in [0.5, 0.6) is 17.2 Å². The van der Waals surface area contributed by atoms with Crippen LogP contribution in [0.3, 0.4) is 0 Å². The molecule has 2 rings (SSSR count). The van der Waals surface area contributed by atoms with Crippen molar-refractivity contribution in [3.05, 3.63) is 47.9 Å². The SMILES string of the molecule is COc1cc2nccc(OC(C)=CC=C(C)C)c2cc1OC. The van der Waals surface area contributed by atoms with E-state index in [4.69, 9.17) is 14.2 Å². The van der Waals surface area contributed by atoms with E-state index in [0.717, 1.165) is 22.4 Å². The summed E-state index contributed by atoms with van der Waals surface area (Å²) in [5.41, 5.74) is 2.01. The predicted octanol–water partition coefficient (Wildman–Crippen LogP) is 4.50. The van der Waals surface area contributed by atoms with Gasteiger partial charge in [0, 0.05) is 17.6 Å². The highest BCUT2D eigenvalue weighted by molar-refractivity contribution is 5.88. The van der Waals surface area contributed by atoms with Gasteiger partial charge in [-0.2, -0.15) is 0 Å². The van der Waals surface area contributed by atoms with Crippen LogP contribution < -0.4 is 14.2 Å². The summed E-state index contributed by atoms with van der Waals surface area (Å²) in [4.78, 5) is 4.36. The number of rotatable bonds is 5. The van der Waals surface area contributed by atoms with Crippen molar-refractivity contribution >= 4 is 10.9 Å². The third-order valence-corrected chi connectivity index (χ3v) is 3.13. The van der Waals surface area contributed by atoms with E-state index in [1.807, 2.05) is 51.1 Å². The van der Waals surface area contributed by atoms with E-state index < -0.39 is 0 Å². The number of fused-ring (bicyclic) bond motifs is 1. The van der Waals surface area contributed by atoms with Crippen LogP contribution in [0.1, 0.15) is 20.8 Å². The average molecular weight is 299 g/mol. The fraction of sp³-hybridized carbons (Fsp3) is 0.278. The lowest BCUT2D eigenvalue weighted by atomic mass is 10.2. The second-order valence-electron chi connectivity index (χ2n) is 5.16. The fourth-order valence-corrected chi connectivity index (χ4v) is 2.03. The molecule has 0 aliphatic carbocycles. The highest BCUT2D eigenvalue weighted by atomic mass is 16.5. The van der Waals surface area contributed by atoms with Gasteiger partial charge in [-0.1, -0.05) is 11.6 Å². The van der Waals surface area contributed by atoms with E-state index in [2.05, 4.69) is 4.98 Å². The first-order valence-electron chi connectivity index (χ1n) is 7.05. The zero-order chi connectivity index (χ0) is 16.1. The number of ether oxygens (including phenoxy) is 3. The first kappa shape index (κ1) is 15.9. The molecule has 0 amide bonds. The van der Waals surface area contributed by atoms with Gasteiger partial charge in [0.15, 0.2) is 11.5 Å². The lowest BCUT2D eigenvalue weighted by molar-refractivity contribution is 0.355. The molecule has 4 heteroatoms. The molecule has 116 valence electrons. The van der Waals surface area contributed by atoms with Crippen LogP contribution in [-0.4, -0.2) is 19.2 Å². The molecule has 0 fully saturated rings. The molecule has 0 radical (unpaired) electrons. The summed E-state index contributed by atoms with van der Waals surface area (Å²) >= 11 is 0. The van der Waals surface area contributed by atoms with E-state index in [0.29, 0.717) is 11.5 Å². The lowest BCUT2D eigenvalue weighted by Crippen LogP contribution is -1.95. The Balaban J connectivity index is 2.46. The van der Waals surface area contributed by atoms with Gasteiger partial charge in [0.1, 0.15) is 11.5 Å². The van der Waals surface area contributed by atoms with Gasteiger partial charge in [-0.25, -0.2) is 0 Å². The Morgan fingerprint density at radius 3 is 2.27 bits per heavy atom. The monoisotopic (exact) mass is 299 g/mol. The van der Waals surface area contributed by atoms with Crippen LogP contribution in [0.25, 0.3) is 10.9 Å². The van der Waals surface area contributed by atoms with Crippen LogP contribution >= 0.6 is 0 Å². The highest BCUT2D eigenvalue weighted by Crippen LogP contribution is 2.35. The maximum absolute atomic E-state index is 5.93. The smallest absolute Gasteiger partial charge is 0.162 e. The van der Waals surface area contributed by atoms with Crippen LogP contribution in [0.15, 0.2) is 47.9 Å². The van der Waals surface area contributed by atoms with E-state index >= 15 is 0 Å². The standard InChI is InChI=1S/C18H21NO3/c1-12(2)6-7-13(3)22-16-8-9-19-15-11-18(21-5)17(20-4)10-14(15)16/h6-11H,1-5H3. The van der Waals surface area contributed by atoms with Gasteiger partial charge < -0.3 is 14.2 Å². The molecule has 22 heavy (non-hydrogen) atoms. The Bertz CT molecular complexity index is 728. The van der Waals surface area contributed by atoms with Crippen molar-refractivity contribution in [2.45, 2.75) is 20.8 Å². The van der Waals surface area contributed by atoms with Crippen molar-refractivity contribution in [1.82, 2.24) is 4.98 Å². The molecule has 0 unspecified atom stereocenters. The van der Waals surface area contributed by atoms with Gasteiger partial charge in [0.05, 0.1) is 19.7 Å². The summed E-state index contributed by atoms with van der Waals surface area (Å²) in [7, 11) is 3.22. The number of benzene rings is 1. The van der Waals surface area contributed by atoms with E-state index in [9.17, 15) is 0 Å². The number of allylic oxidation sites excluding steroid dienone is 4. The second kappa shape index (κ2) is 6.98. The molecule has 1 heterocycles. The number of pyridine rings is 1. The van der Waals surface area contributed by atoms with Gasteiger partial charge in [-0.3, -0.25) is 4.98 Å². The maximum atomic E-state index is 5.93. The Morgan fingerprint density at radius 2 is 1.64 bits per heavy atom. The minimum Gasteiger partial charge on any atom is -0.493 e. The van der Waals surface area contributed by atoms with E-state index in [-0.39, 0.29) is 0 Å². The molecule has 0 bridgehead atoms. The van der Waals surface area contributed by atoms with Crippen LogP contribution in [0.4, 0.5) is 0 Å². The largest absolute Gasteiger partial charge is 0.493 e. The number of nitrogens with zero attached hydrogens (tertiary/aromatic N) is 1. The summed E-state index contributed by atoms with van der Waals surface area (Å²) in [6, 6.07) is 5.56. The number of methoxy groups -OCH3 is 2. The van der Waals surface area contributed by atoms with Crippen LogP contribution in [-0.2, 0) is 0 Å². The second-order valence-corrected chi connectivity index (χ2v) is 5.16. The molecular weight excluding hydrogens is 278 g/mol. The zero-order valence-electron chi connectivity index (χ0n) is 13.6. The van der Waals surface area contributed by atoms with Crippen molar-refractivity contribution in [3.8, 4) is 17.2 Å². The van der Waals surface area contributed by atoms with Crippen LogP contribution in [0.2, 0.25) is 0 Å². The summed E-state index contributed by atoms with van der Waals surface area (Å²) in [5.74, 6) is 2.85. The molecule has 2 aromatic rings. The lowest BCUT2D eigenvalue weighted by Gasteiger charge is -2.12. The minimum absolute atomic E-state index is 0.649. The third-order valence-electron chi connectivity index (χ3n) is 3.13. The molecular formula is C18H21NO3. The van der Waals surface area contributed by atoms with Gasteiger partial charge in [0.2, 0.25) is 0 Å². The average Bonchev–Trinajstić information content (AvgIpc) is 2.51. The number of hydrogen-bond donors (Lipinski definition) is 0. The van der Waals surface area contributed by atoms with Gasteiger partial charge in [-0.05, 0) is 39.0 Å². The maximum Gasteiger partial charge on any atom is 0.162 e. The van der Waals surface area contributed by atoms with Crippen molar-refractivity contribution in [1.29, 1.82) is 0 Å². The Hall–Kier alpha value is -2.49. The van der Waals surface area contributed by atoms with Crippen molar-refractivity contribution in [2.24, 2.45) is 0 Å². The highest BCUT2D eigenvalue weighted by Gasteiger charge is 2.10. The van der Waals surface area contributed by atoms with Crippen molar-refractivity contribution in [3.63, 3.8) is 0 Å². The Kier molecular flexibility index (Phi) is 5.04. The Labute approximate surface area is 131 Å². The van der Waals surface area contributed by atoms with Gasteiger partial charge >= 0.3 is 0 Å². The summed E-state index contributed by atoms with van der Waals surface area (Å²) < 4.78 is 16.6. The minimum atomic E-state index is 0.649. The molecule has 0 aliphatic rings. The molecule has 0 aliphatic heterocycles. The summed E-state index contributed by atoms with van der Waals surface area (Å²) in [6.45, 7) is 6.01. The van der Waals surface area contributed by atoms with E-state index in [1.165, 1.54) is 5.57 Å². The fourth-order valence-electron chi connectivity index (χ4n) is 2.03. The van der Waals surface area contributed by atoms with Gasteiger partial charge in [-0.15, -0.1) is 0 Å². The molecule has 0 N–H and O–H groups in total. The molecule has 0 atom stereocenters. The summed E-state index contributed by atoms with van der Waals surface area (Å²) in [5, 5.41) is 0.880. The molecule has 0 saturated heterocycles. The zero-order valence-corrected chi connectivity index (χ0v) is 13.6. The summed E-state index contributed by atoms with van der Waals surface area (Å²) in [6.07, 6.45) is 5.68. The molecule has 4 nitrogen and oxygen atoms in total. The predicted molar refractivity (Wildman–Crippen MR) is 88.7 cm³/mol. The van der Waals surface area contributed by atoms with E-state index in [1.54, 1.807) is 20.4 Å². The Morgan fingerprint density at radius 1 is 0.955 bits per heavy atom.